The van der Waals surface area contributed by atoms with Gasteiger partial charge in [-0.3, -0.25) is 9.69 Å². The van der Waals surface area contributed by atoms with E-state index < -0.39 is 17.6 Å². The van der Waals surface area contributed by atoms with E-state index in [1.807, 2.05) is 20.8 Å². The van der Waals surface area contributed by atoms with Gasteiger partial charge in [0.15, 0.2) is 0 Å². The third-order valence-corrected chi connectivity index (χ3v) is 3.73. The molecule has 5 heteroatoms. The number of carboxylic acids is 1. The lowest BCUT2D eigenvalue weighted by Gasteiger charge is -2.37. The number of carbonyl (C=O) groups excluding carboxylic acids is 1. The normalized spacial score (nSPS) is 13.6. The van der Waals surface area contributed by atoms with Crippen LogP contribution in [0.5, 0.6) is 0 Å². The molecule has 0 saturated carbocycles. The topological polar surface area (TPSA) is 69.6 Å². The Morgan fingerprint density at radius 2 is 1.80 bits per heavy atom. The van der Waals surface area contributed by atoms with E-state index in [2.05, 4.69) is 17.1 Å². The van der Waals surface area contributed by atoms with Crippen molar-refractivity contribution in [2.75, 3.05) is 13.1 Å². The van der Waals surface area contributed by atoms with E-state index in [1.165, 1.54) is 0 Å². The molecular weight excluding hydrogens is 256 g/mol. The van der Waals surface area contributed by atoms with E-state index in [-0.39, 0.29) is 11.8 Å². The Bertz CT molecular complexity index is 327. The number of nitrogens with one attached hydrogen (secondary N) is 1. The highest BCUT2D eigenvalue weighted by Crippen LogP contribution is 2.16. The standard InChI is InChI=1S/C15H30N2O3/c1-7-9-10-17(8-2)15(5,6)14(20)16-12(11(3)4)13(18)19/h11-12H,7-10H2,1-6H3,(H,16,20)(H,18,19). The SMILES string of the molecule is CCCCN(CC)C(C)(C)C(=O)NC(C(=O)O)C(C)C. The van der Waals surface area contributed by atoms with E-state index >= 15 is 0 Å². The molecule has 118 valence electrons. The average Bonchev–Trinajstić information content (AvgIpc) is 2.35. The Morgan fingerprint density at radius 1 is 1.25 bits per heavy atom. The highest BCUT2D eigenvalue weighted by atomic mass is 16.4. The summed E-state index contributed by atoms with van der Waals surface area (Å²) in [5.41, 5.74) is -0.702. The zero-order valence-electron chi connectivity index (χ0n) is 13.7. The van der Waals surface area contributed by atoms with Gasteiger partial charge in [0.05, 0.1) is 5.54 Å². The van der Waals surface area contributed by atoms with Crippen molar-refractivity contribution in [2.24, 2.45) is 5.92 Å². The molecular formula is C15H30N2O3. The molecule has 0 bridgehead atoms. The molecule has 0 rings (SSSR count). The monoisotopic (exact) mass is 286 g/mol. The molecule has 0 fully saturated rings. The quantitative estimate of drug-likeness (QED) is 0.681. The second-order valence-electron chi connectivity index (χ2n) is 6.03. The van der Waals surface area contributed by atoms with Crippen molar-refractivity contribution >= 4 is 11.9 Å². The zero-order valence-corrected chi connectivity index (χ0v) is 13.7. The lowest BCUT2D eigenvalue weighted by Crippen LogP contribution is -2.59. The van der Waals surface area contributed by atoms with Crippen molar-refractivity contribution in [3.8, 4) is 0 Å². The van der Waals surface area contributed by atoms with Crippen LogP contribution < -0.4 is 5.32 Å². The molecule has 0 aromatic rings. The van der Waals surface area contributed by atoms with Crippen LogP contribution in [-0.4, -0.2) is 46.6 Å². The van der Waals surface area contributed by atoms with E-state index in [9.17, 15) is 9.59 Å². The van der Waals surface area contributed by atoms with Gasteiger partial charge in [-0.15, -0.1) is 0 Å². The van der Waals surface area contributed by atoms with Gasteiger partial charge >= 0.3 is 5.97 Å². The second-order valence-corrected chi connectivity index (χ2v) is 6.03. The van der Waals surface area contributed by atoms with Crippen LogP contribution in [0.15, 0.2) is 0 Å². The van der Waals surface area contributed by atoms with Crippen LogP contribution >= 0.6 is 0 Å². The number of likely N-dealkylation sites (N-methyl/N-ethyl adjacent to an activating group) is 1. The molecule has 5 nitrogen and oxygen atoms in total. The molecule has 0 aromatic heterocycles. The Balaban J connectivity index is 4.89. The van der Waals surface area contributed by atoms with Gasteiger partial charge < -0.3 is 10.4 Å². The molecule has 20 heavy (non-hydrogen) atoms. The fourth-order valence-corrected chi connectivity index (χ4v) is 2.16. The summed E-state index contributed by atoms with van der Waals surface area (Å²) in [6, 6.07) is -0.841. The van der Waals surface area contributed by atoms with Crippen LogP contribution in [0.2, 0.25) is 0 Å². The highest BCUT2D eigenvalue weighted by Gasteiger charge is 2.36. The van der Waals surface area contributed by atoms with Crippen molar-refractivity contribution < 1.29 is 14.7 Å². The maximum atomic E-state index is 12.4. The maximum absolute atomic E-state index is 12.4. The molecule has 0 saturated heterocycles. The van der Waals surface area contributed by atoms with Gasteiger partial charge in [-0.2, -0.15) is 0 Å². The van der Waals surface area contributed by atoms with Crippen molar-refractivity contribution in [1.82, 2.24) is 10.2 Å². The van der Waals surface area contributed by atoms with Gasteiger partial charge in [0, 0.05) is 0 Å². The Labute approximate surface area is 122 Å². The van der Waals surface area contributed by atoms with Crippen LogP contribution in [0.3, 0.4) is 0 Å². The summed E-state index contributed by atoms with van der Waals surface area (Å²) in [7, 11) is 0. The van der Waals surface area contributed by atoms with E-state index in [1.54, 1.807) is 13.8 Å². The predicted molar refractivity (Wildman–Crippen MR) is 80.6 cm³/mol. The first-order valence-corrected chi connectivity index (χ1v) is 7.47. The molecule has 0 spiro atoms. The smallest absolute Gasteiger partial charge is 0.326 e. The molecule has 1 unspecified atom stereocenters. The lowest BCUT2D eigenvalue weighted by molar-refractivity contribution is -0.145. The number of hydrogen-bond acceptors (Lipinski definition) is 3. The summed E-state index contributed by atoms with van der Waals surface area (Å²) >= 11 is 0. The number of carboxylic acid groups (broad SMARTS) is 1. The highest BCUT2D eigenvalue weighted by molar-refractivity contribution is 5.89. The van der Waals surface area contributed by atoms with Crippen LogP contribution in [0.4, 0.5) is 0 Å². The molecule has 0 aliphatic carbocycles. The number of carbonyl (C=O) groups is 2. The van der Waals surface area contributed by atoms with Gasteiger partial charge in [0.2, 0.25) is 5.91 Å². The van der Waals surface area contributed by atoms with Gasteiger partial charge in [-0.1, -0.05) is 34.1 Å². The van der Waals surface area contributed by atoms with Crippen LogP contribution in [0.25, 0.3) is 0 Å². The minimum absolute atomic E-state index is 0.141. The second kappa shape index (κ2) is 8.25. The van der Waals surface area contributed by atoms with E-state index in [0.29, 0.717) is 0 Å². The minimum Gasteiger partial charge on any atom is -0.480 e. The Hall–Kier alpha value is -1.10. The fourth-order valence-electron chi connectivity index (χ4n) is 2.16. The van der Waals surface area contributed by atoms with Crippen LogP contribution in [-0.2, 0) is 9.59 Å². The summed E-state index contributed by atoms with van der Waals surface area (Å²) in [5.74, 6) is -1.35. The molecule has 0 aromatic carbocycles. The number of nitrogens with zero attached hydrogens (tertiary/aromatic N) is 1. The first-order chi connectivity index (χ1) is 9.18. The Kier molecular flexibility index (Phi) is 7.79. The first kappa shape index (κ1) is 18.9. The summed E-state index contributed by atoms with van der Waals surface area (Å²) in [4.78, 5) is 25.7. The largest absolute Gasteiger partial charge is 0.480 e. The number of unbranched alkanes of at least 4 members (excludes halogenated alkanes) is 1. The van der Waals surface area contributed by atoms with Crippen LogP contribution in [0, 0.1) is 5.92 Å². The molecule has 2 N–H and O–H groups in total. The number of hydrogen-bond donors (Lipinski definition) is 2. The minimum atomic E-state index is -0.985. The van der Waals surface area contributed by atoms with Gasteiger partial charge in [-0.05, 0) is 39.3 Å². The maximum Gasteiger partial charge on any atom is 0.326 e. The third-order valence-electron chi connectivity index (χ3n) is 3.73. The zero-order chi connectivity index (χ0) is 15.9. The van der Waals surface area contributed by atoms with Gasteiger partial charge in [0.25, 0.3) is 0 Å². The van der Waals surface area contributed by atoms with Gasteiger partial charge in [-0.25, -0.2) is 4.79 Å². The predicted octanol–water partition coefficient (Wildman–Crippen LogP) is 2.11. The van der Waals surface area contributed by atoms with Crippen LogP contribution in [0.1, 0.15) is 54.4 Å². The molecule has 1 amide bonds. The Morgan fingerprint density at radius 3 is 2.15 bits per heavy atom. The molecule has 1 atom stereocenters. The summed E-state index contributed by atoms with van der Waals surface area (Å²) < 4.78 is 0. The number of amides is 1. The van der Waals surface area contributed by atoms with Crippen molar-refractivity contribution in [3.05, 3.63) is 0 Å². The summed E-state index contributed by atoms with van der Waals surface area (Å²) in [5, 5.41) is 11.8. The lowest BCUT2D eigenvalue weighted by atomic mass is 9.98. The number of rotatable bonds is 9. The molecule has 0 radical (unpaired) electrons. The first-order valence-electron chi connectivity index (χ1n) is 7.47. The van der Waals surface area contributed by atoms with Crippen molar-refractivity contribution in [3.63, 3.8) is 0 Å². The summed E-state index contributed by atoms with van der Waals surface area (Å²) in [6.45, 7) is 13.0. The van der Waals surface area contributed by atoms with E-state index in [0.717, 1.165) is 25.9 Å². The van der Waals surface area contributed by atoms with Crippen molar-refractivity contribution in [1.29, 1.82) is 0 Å². The van der Waals surface area contributed by atoms with E-state index in [4.69, 9.17) is 5.11 Å². The molecule has 0 aliphatic rings. The fraction of sp³-hybridized carbons (Fsp3) is 0.867. The van der Waals surface area contributed by atoms with Crippen molar-refractivity contribution in [2.45, 2.75) is 66.0 Å². The molecule has 0 aliphatic heterocycles. The number of aliphatic carboxylic acids is 1. The third kappa shape index (κ3) is 5.12. The summed E-state index contributed by atoms with van der Waals surface area (Å²) in [6.07, 6.45) is 2.09. The van der Waals surface area contributed by atoms with Gasteiger partial charge in [0.1, 0.15) is 6.04 Å². The molecule has 0 heterocycles. The average molecular weight is 286 g/mol.